The molecule has 0 saturated heterocycles. The third-order valence-electron chi connectivity index (χ3n) is 4.36. The summed E-state index contributed by atoms with van der Waals surface area (Å²) in [5, 5.41) is 0.114. The second-order valence-corrected chi connectivity index (χ2v) is 11.7. The van der Waals surface area contributed by atoms with Crippen LogP contribution in [0, 0.1) is 0 Å². The van der Waals surface area contributed by atoms with Crippen LogP contribution in [0.15, 0.2) is 12.1 Å². The molecule has 22 heavy (non-hydrogen) atoms. The Hall–Kier alpha value is -1.24. The number of benzene rings is 1. The highest BCUT2D eigenvalue weighted by Gasteiger charge is 2.39. The van der Waals surface area contributed by atoms with Gasteiger partial charge in [0.1, 0.15) is 0 Å². The molecule has 0 spiro atoms. The van der Waals surface area contributed by atoms with Gasteiger partial charge in [0.15, 0.2) is 19.8 Å². The van der Waals surface area contributed by atoms with Crippen molar-refractivity contribution < 1.29 is 13.9 Å². The molecule has 0 saturated carbocycles. The van der Waals surface area contributed by atoms with E-state index >= 15 is 0 Å². The number of hydrogen-bond donors (Lipinski definition) is 2. The Morgan fingerprint density at radius 3 is 2.14 bits per heavy atom. The van der Waals surface area contributed by atoms with E-state index in [9.17, 15) is 0 Å². The van der Waals surface area contributed by atoms with Crippen molar-refractivity contribution in [3.63, 3.8) is 0 Å². The highest BCUT2D eigenvalue weighted by Crippen LogP contribution is 2.42. The molecule has 126 valence electrons. The molecule has 0 bridgehead atoms. The van der Waals surface area contributed by atoms with E-state index in [1.54, 1.807) is 14.2 Å². The van der Waals surface area contributed by atoms with Gasteiger partial charge in [-0.2, -0.15) is 0 Å². The van der Waals surface area contributed by atoms with Crippen LogP contribution in [0.4, 0.5) is 5.69 Å². The summed E-state index contributed by atoms with van der Waals surface area (Å²) in [7, 11) is 1.23. The Balaban J connectivity index is 3.19. The molecule has 1 aromatic carbocycles. The standard InChI is InChI=1S/C16H30N2O3Si/c1-16(2,3)22(6,7)21-14(10-17)11-8-12(18)15(20-5)13(9-11)19-4/h8-9,14H,10,17-18H2,1-7H3. The first-order valence-electron chi connectivity index (χ1n) is 7.46. The van der Waals surface area contributed by atoms with E-state index in [1.807, 2.05) is 12.1 Å². The van der Waals surface area contributed by atoms with Gasteiger partial charge in [0.05, 0.1) is 26.0 Å². The van der Waals surface area contributed by atoms with Crippen molar-refractivity contribution in [2.45, 2.75) is 45.0 Å². The molecule has 0 aromatic heterocycles. The zero-order valence-corrected chi connectivity index (χ0v) is 15.8. The number of hydrogen-bond acceptors (Lipinski definition) is 5. The normalized spacial score (nSPS) is 13.8. The number of anilines is 1. The van der Waals surface area contributed by atoms with Crippen LogP contribution in [0.1, 0.15) is 32.4 Å². The Kier molecular flexibility index (Phi) is 5.89. The van der Waals surface area contributed by atoms with Gasteiger partial charge in [-0.3, -0.25) is 0 Å². The molecule has 5 nitrogen and oxygen atoms in total. The summed E-state index contributed by atoms with van der Waals surface area (Å²) < 4.78 is 17.1. The van der Waals surface area contributed by atoms with Crippen molar-refractivity contribution in [2.75, 3.05) is 26.5 Å². The third kappa shape index (κ3) is 3.94. The summed E-state index contributed by atoms with van der Waals surface area (Å²) in [4.78, 5) is 0. The molecule has 1 rings (SSSR count). The summed E-state index contributed by atoms with van der Waals surface area (Å²) in [5.74, 6) is 1.13. The van der Waals surface area contributed by atoms with Crippen LogP contribution < -0.4 is 20.9 Å². The molecule has 1 unspecified atom stereocenters. The average Bonchev–Trinajstić information content (AvgIpc) is 2.42. The number of methoxy groups -OCH3 is 2. The van der Waals surface area contributed by atoms with Crippen LogP contribution in [0.5, 0.6) is 11.5 Å². The molecular weight excluding hydrogens is 296 g/mol. The van der Waals surface area contributed by atoms with E-state index in [0.29, 0.717) is 23.7 Å². The van der Waals surface area contributed by atoms with Crippen LogP contribution in [0.2, 0.25) is 18.1 Å². The maximum atomic E-state index is 6.43. The first-order valence-corrected chi connectivity index (χ1v) is 10.4. The fourth-order valence-electron chi connectivity index (χ4n) is 1.99. The van der Waals surface area contributed by atoms with Crippen LogP contribution in [-0.2, 0) is 4.43 Å². The van der Waals surface area contributed by atoms with Gasteiger partial charge in [-0.15, -0.1) is 0 Å². The molecule has 1 atom stereocenters. The van der Waals surface area contributed by atoms with Crippen molar-refractivity contribution in [1.29, 1.82) is 0 Å². The second-order valence-electron chi connectivity index (χ2n) is 6.95. The van der Waals surface area contributed by atoms with Crippen molar-refractivity contribution in [1.82, 2.24) is 0 Å². The molecule has 0 aliphatic carbocycles. The number of ether oxygens (including phenoxy) is 2. The number of rotatable bonds is 6. The van der Waals surface area contributed by atoms with Gasteiger partial charge in [0, 0.05) is 6.54 Å². The van der Waals surface area contributed by atoms with Gasteiger partial charge in [-0.05, 0) is 35.8 Å². The van der Waals surface area contributed by atoms with E-state index in [0.717, 1.165) is 5.56 Å². The smallest absolute Gasteiger partial charge is 0.192 e. The van der Waals surface area contributed by atoms with Crippen molar-refractivity contribution in [2.24, 2.45) is 5.73 Å². The van der Waals surface area contributed by atoms with Crippen LogP contribution in [0.25, 0.3) is 0 Å². The van der Waals surface area contributed by atoms with Gasteiger partial charge in [0.25, 0.3) is 0 Å². The molecule has 0 amide bonds. The Bertz CT molecular complexity index is 513. The lowest BCUT2D eigenvalue weighted by Gasteiger charge is -2.39. The average molecular weight is 327 g/mol. The van der Waals surface area contributed by atoms with E-state index in [1.165, 1.54) is 0 Å². The largest absolute Gasteiger partial charge is 0.493 e. The fraction of sp³-hybridized carbons (Fsp3) is 0.625. The van der Waals surface area contributed by atoms with Crippen LogP contribution in [0.3, 0.4) is 0 Å². The van der Waals surface area contributed by atoms with Gasteiger partial charge in [0.2, 0.25) is 0 Å². The third-order valence-corrected chi connectivity index (χ3v) is 8.85. The van der Waals surface area contributed by atoms with E-state index < -0.39 is 8.32 Å². The Labute approximate surface area is 135 Å². The zero-order chi connectivity index (χ0) is 17.1. The zero-order valence-electron chi connectivity index (χ0n) is 14.8. The van der Waals surface area contributed by atoms with E-state index in [2.05, 4.69) is 33.9 Å². The molecule has 1 aromatic rings. The summed E-state index contributed by atoms with van der Waals surface area (Å²) in [6.07, 6.45) is -0.206. The molecule has 6 heteroatoms. The summed E-state index contributed by atoms with van der Waals surface area (Å²) >= 11 is 0. The van der Waals surface area contributed by atoms with E-state index in [-0.39, 0.29) is 11.1 Å². The highest BCUT2D eigenvalue weighted by molar-refractivity contribution is 6.74. The molecule has 4 N–H and O–H groups in total. The minimum Gasteiger partial charge on any atom is -0.493 e. The fourth-order valence-corrected chi connectivity index (χ4v) is 3.28. The van der Waals surface area contributed by atoms with Crippen LogP contribution in [-0.4, -0.2) is 29.1 Å². The predicted octanol–water partition coefficient (Wildman–Crippen LogP) is 3.31. The maximum absolute atomic E-state index is 6.43. The lowest BCUT2D eigenvalue weighted by Crippen LogP contribution is -2.43. The lowest BCUT2D eigenvalue weighted by molar-refractivity contribution is 0.191. The van der Waals surface area contributed by atoms with Crippen molar-refractivity contribution in [3.05, 3.63) is 17.7 Å². The Morgan fingerprint density at radius 1 is 1.14 bits per heavy atom. The quantitative estimate of drug-likeness (QED) is 0.619. The molecule has 0 aliphatic rings. The molecule has 0 heterocycles. The first-order chi connectivity index (χ1) is 10.1. The predicted molar refractivity (Wildman–Crippen MR) is 94.0 cm³/mol. The monoisotopic (exact) mass is 326 g/mol. The van der Waals surface area contributed by atoms with Gasteiger partial charge >= 0.3 is 0 Å². The number of nitrogens with two attached hydrogens (primary N) is 2. The summed E-state index contributed by atoms with van der Waals surface area (Å²) in [5.41, 5.74) is 13.5. The molecule has 0 aliphatic heterocycles. The van der Waals surface area contributed by atoms with Gasteiger partial charge in [-0.1, -0.05) is 20.8 Å². The van der Waals surface area contributed by atoms with Gasteiger partial charge in [-0.25, -0.2) is 0 Å². The highest BCUT2D eigenvalue weighted by atomic mass is 28.4. The number of nitrogen functional groups attached to an aromatic ring is 1. The molecular formula is C16H30N2O3Si. The van der Waals surface area contributed by atoms with Crippen molar-refractivity contribution in [3.8, 4) is 11.5 Å². The van der Waals surface area contributed by atoms with E-state index in [4.69, 9.17) is 25.4 Å². The first kappa shape index (κ1) is 18.8. The summed E-state index contributed by atoms with van der Waals surface area (Å²) in [6, 6.07) is 3.74. The van der Waals surface area contributed by atoms with Crippen molar-refractivity contribution >= 4 is 14.0 Å². The maximum Gasteiger partial charge on any atom is 0.192 e. The molecule has 0 radical (unpaired) electrons. The minimum atomic E-state index is -1.93. The topological polar surface area (TPSA) is 79.7 Å². The Morgan fingerprint density at radius 2 is 1.73 bits per heavy atom. The SMILES string of the molecule is COc1cc(C(CN)O[Si](C)(C)C(C)(C)C)cc(N)c1OC. The minimum absolute atomic E-state index is 0.114. The molecule has 0 fully saturated rings. The lowest BCUT2D eigenvalue weighted by atomic mass is 10.1. The summed E-state index contributed by atoms with van der Waals surface area (Å²) in [6.45, 7) is 11.4. The van der Waals surface area contributed by atoms with Gasteiger partial charge < -0.3 is 25.4 Å². The second kappa shape index (κ2) is 6.89. The van der Waals surface area contributed by atoms with Crippen LogP contribution >= 0.6 is 0 Å².